The van der Waals surface area contributed by atoms with E-state index < -0.39 is 6.36 Å². The van der Waals surface area contributed by atoms with E-state index in [0.717, 1.165) is 50.7 Å². The van der Waals surface area contributed by atoms with Gasteiger partial charge in [0, 0.05) is 31.7 Å². The van der Waals surface area contributed by atoms with Crippen LogP contribution in [0.5, 0.6) is 5.75 Å². The SMILES string of the molecule is C=C1CC(N2CCCC(C3CN(c4ccc(OC(F)(F)F)cc4)C3)C2)CO1. The maximum atomic E-state index is 12.3. The molecule has 3 aliphatic heterocycles. The second-order valence-electron chi connectivity index (χ2n) is 7.81. The molecule has 0 radical (unpaired) electrons. The molecule has 3 aliphatic rings. The third kappa shape index (κ3) is 4.34. The van der Waals surface area contributed by atoms with Crippen LogP contribution >= 0.6 is 0 Å². The van der Waals surface area contributed by atoms with Crippen LogP contribution < -0.4 is 9.64 Å². The second-order valence-corrected chi connectivity index (χ2v) is 7.81. The van der Waals surface area contributed by atoms with Gasteiger partial charge in [0.15, 0.2) is 0 Å². The summed E-state index contributed by atoms with van der Waals surface area (Å²) in [7, 11) is 0. The average Bonchev–Trinajstić information content (AvgIpc) is 3.01. The van der Waals surface area contributed by atoms with Crippen LogP contribution in [0, 0.1) is 11.8 Å². The Bertz CT molecular complexity index is 671. The van der Waals surface area contributed by atoms with E-state index >= 15 is 0 Å². The minimum atomic E-state index is -4.65. The molecule has 0 bridgehead atoms. The molecule has 0 spiro atoms. The second kappa shape index (κ2) is 7.26. The molecule has 0 saturated carbocycles. The third-order valence-corrected chi connectivity index (χ3v) is 5.96. The van der Waals surface area contributed by atoms with Gasteiger partial charge in [-0.2, -0.15) is 0 Å². The predicted octanol–water partition coefficient (Wildman–Crippen LogP) is 4.04. The topological polar surface area (TPSA) is 24.9 Å². The number of halogens is 3. The molecule has 0 amide bonds. The Balaban J connectivity index is 1.28. The molecule has 3 heterocycles. The lowest BCUT2D eigenvalue weighted by atomic mass is 9.80. The summed E-state index contributed by atoms with van der Waals surface area (Å²) in [4.78, 5) is 4.78. The van der Waals surface area contributed by atoms with Gasteiger partial charge >= 0.3 is 6.36 Å². The third-order valence-electron chi connectivity index (χ3n) is 5.96. The first-order valence-electron chi connectivity index (χ1n) is 9.53. The summed E-state index contributed by atoms with van der Waals surface area (Å²) in [5.41, 5.74) is 0.953. The standard InChI is InChI=1S/C20H25F3N2O2/c1-14-9-18(13-26-14)24-8-2-3-15(10-24)16-11-25(12-16)17-4-6-19(7-5-17)27-20(21,22)23/h4-7,15-16,18H,1-3,8-13H2. The zero-order valence-corrected chi connectivity index (χ0v) is 15.3. The molecule has 0 N–H and O–H groups in total. The smallest absolute Gasteiger partial charge is 0.497 e. The molecule has 7 heteroatoms. The van der Waals surface area contributed by atoms with Gasteiger partial charge in [-0.3, -0.25) is 4.90 Å². The molecule has 4 nitrogen and oxygen atoms in total. The van der Waals surface area contributed by atoms with Crippen LogP contribution in [0.2, 0.25) is 0 Å². The van der Waals surface area contributed by atoms with Gasteiger partial charge in [0.1, 0.15) is 12.4 Å². The Morgan fingerprint density at radius 2 is 1.81 bits per heavy atom. The van der Waals surface area contributed by atoms with Gasteiger partial charge in [-0.15, -0.1) is 13.2 Å². The van der Waals surface area contributed by atoms with Crippen molar-refractivity contribution in [3.63, 3.8) is 0 Å². The zero-order chi connectivity index (χ0) is 19.0. The first kappa shape index (κ1) is 18.5. The Labute approximate surface area is 157 Å². The number of likely N-dealkylation sites (tertiary alicyclic amines) is 1. The van der Waals surface area contributed by atoms with E-state index in [-0.39, 0.29) is 5.75 Å². The molecule has 27 heavy (non-hydrogen) atoms. The van der Waals surface area contributed by atoms with Crippen LogP contribution in [-0.2, 0) is 4.74 Å². The maximum Gasteiger partial charge on any atom is 0.573 e. The molecule has 0 aromatic heterocycles. The minimum Gasteiger partial charge on any atom is -0.497 e. The summed E-state index contributed by atoms with van der Waals surface area (Å²) >= 11 is 0. The van der Waals surface area contributed by atoms with E-state index in [9.17, 15) is 13.2 Å². The number of alkyl halides is 3. The highest BCUT2D eigenvalue weighted by Gasteiger charge is 2.38. The predicted molar refractivity (Wildman–Crippen MR) is 96.6 cm³/mol. The number of benzene rings is 1. The van der Waals surface area contributed by atoms with Crippen molar-refractivity contribution in [3.05, 3.63) is 36.6 Å². The van der Waals surface area contributed by atoms with Crippen LogP contribution in [-0.4, -0.2) is 50.1 Å². The van der Waals surface area contributed by atoms with Gasteiger partial charge < -0.3 is 14.4 Å². The number of hydrogen-bond donors (Lipinski definition) is 0. The lowest BCUT2D eigenvalue weighted by Crippen LogP contribution is -2.54. The van der Waals surface area contributed by atoms with Crippen molar-refractivity contribution in [1.29, 1.82) is 0 Å². The molecule has 3 saturated heterocycles. The largest absolute Gasteiger partial charge is 0.573 e. The number of hydrogen-bond acceptors (Lipinski definition) is 4. The molecule has 4 rings (SSSR count). The summed E-state index contributed by atoms with van der Waals surface area (Å²) < 4.78 is 46.2. The van der Waals surface area contributed by atoms with Crippen molar-refractivity contribution < 1.29 is 22.6 Å². The monoisotopic (exact) mass is 382 g/mol. The van der Waals surface area contributed by atoms with Crippen LogP contribution in [0.25, 0.3) is 0 Å². The summed E-state index contributed by atoms with van der Waals surface area (Å²) in [6, 6.07) is 6.63. The Kier molecular flexibility index (Phi) is 4.97. The van der Waals surface area contributed by atoms with E-state index in [1.807, 2.05) is 0 Å². The molecule has 2 atom stereocenters. The summed E-state index contributed by atoms with van der Waals surface area (Å²) in [6.45, 7) is 8.85. The van der Waals surface area contributed by atoms with E-state index in [4.69, 9.17) is 4.74 Å². The van der Waals surface area contributed by atoms with Crippen LogP contribution in [0.4, 0.5) is 18.9 Å². The first-order chi connectivity index (χ1) is 12.9. The van der Waals surface area contributed by atoms with Gasteiger partial charge in [0.25, 0.3) is 0 Å². The van der Waals surface area contributed by atoms with Gasteiger partial charge in [-0.05, 0) is 55.5 Å². The number of nitrogens with zero attached hydrogens (tertiary/aromatic N) is 2. The number of ether oxygens (including phenoxy) is 2. The van der Waals surface area contributed by atoms with Gasteiger partial charge in [0.05, 0.1) is 11.8 Å². The Morgan fingerprint density at radius 1 is 1.07 bits per heavy atom. The van der Waals surface area contributed by atoms with Gasteiger partial charge in [0.2, 0.25) is 0 Å². The quantitative estimate of drug-likeness (QED) is 0.785. The molecular weight excluding hydrogens is 357 g/mol. The normalized spacial score (nSPS) is 27.4. The maximum absolute atomic E-state index is 12.3. The fourth-order valence-corrected chi connectivity index (χ4v) is 4.47. The molecule has 0 aliphatic carbocycles. The van der Waals surface area contributed by atoms with Crippen molar-refractivity contribution in [2.75, 3.05) is 37.7 Å². The van der Waals surface area contributed by atoms with E-state index in [0.29, 0.717) is 17.9 Å². The van der Waals surface area contributed by atoms with Crippen molar-refractivity contribution >= 4 is 5.69 Å². The molecule has 148 valence electrons. The lowest BCUT2D eigenvalue weighted by molar-refractivity contribution is -0.274. The average molecular weight is 382 g/mol. The van der Waals surface area contributed by atoms with Crippen molar-refractivity contribution in [3.8, 4) is 5.75 Å². The number of piperidine rings is 1. The Morgan fingerprint density at radius 3 is 2.44 bits per heavy atom. The highest BCUT2D eigenvalue weighted by Crippen LogP contribution is 2.36. The van der Waals surface area contributed by atoms with Crippen molar-refractivity contribution in [2.45, 2.75) is 31.7 Å². The molecule has 2 unspecified atom stereocenters. The van der Waals surface area contributed by atoms with Crippen LogP contribution in [0.1, 0.15) is 19.3 Å². The summed E-state index contributed by atoms with van der Waals surface area (Å²) in [5, 5.41) is 0. The van der Waals surface area contributed by atoms with Gasteiger partial charge in [-0.25, -0.2) is 0 Å². The van der Waals surface area contributed by atoms with Crippen LogP contribution in [0.15, 0.2) is 36.6 Å². The fourth-order valence-electron chi connectivity index (χ4n) is 4.47. The summed E-state index contributed by atoms with van der Waals surface area (Å²) in [6.07, 6.45) is -1.24. The van der Waals surface area contributed by atoms with E-state index in [1.54, 1.807) is 12.1 Å². The highest BCUT2D eigenvalue weighted by atomic mass is 19.4. The highest BCUT2D eigenvalue weighted by molar-refractivity contribution is 5.51. The van der Waals surface area contributed by atoms with Gasteiger partial charge in [-0.1, -0.05) is 6.58 Å². The lowest BCUT2D eigenvalue weighted by Gasteiger charge is -2.48. The fraction of sp³-hybridized carbons (Fsp3) is 0.600. The number of rotatable bonds is 4. The first-order valence-corrected chi connectivity index (χ1v) is 9.53. The molecule has 3 fully saturated rings. The minimum absolute atomic E-state index is 0.174. The van der Waals surface area contributed by atoms with E-state index in [1.165, 1.54) is 25.0 Å². The summed E-state index contributed by atoms with van der Waals surface area (Å²) in [5.74, 6) is 2.04. The van der Waals surface area contributed by atoms with E-state index in [2.05, 4.69) is 21.1 Å². The number of anilines is 1. The molecule has 1 aromatic carbocycles. The van der Waals surface area contributed by atoms with Crippen molar-refractivity contribution in [1.82, 2.24) is 4.90 Å². The Hall–Kier alpha value is -1.89. The molecular formula is C20H25F3N2O2. The zero-order valence-electron chi connectivity index (χ0n) is 15.3. The van der Waals surface area contributed by atoms with Crippen LogP contribution in [0.3, 0.4) is 0 Å². The van der Waals surface area contributed by atoms with Crippen molar-refractivity contribution in [2.24, 2.45) is 11.8 Å². The molecule has 1 aromatic rings.